The van der Waals surface area contributed by atoms with E-state index in [0.29, 0.717) is 12.2 Å². The number of halogens is 5. The van der Waals surface area contributed by atoms with Crippen LogP contribution in [0, 0.1) is 6.92 Å². The van der Waals surface area contributed by atoms with Gasteiger partial charge in [-0.3, -0.25) is 9.78 Å². The molecule has 11 heteroatoms. The number of hydrogen-bond donors (Lipinski definition) is 0. The predicted octanol–water partition coefficient (Wildman–Crippen LogP) is 5.59. The number of piperidine rings is 1. The van der Waals surface area contributed by atoms with Crippen LogP contribution in [0.25, 0.3) is 22.0 Å². The van der Waals surface area contributed by atoms with Crippen LogP contribution in [-0.2, 0) is 9.84 Å². The van der Waals surface area contributed by atoms with Gasteiger partial charge < -0.3 is 4.90 Å². The number of pyridine rings is 1. The number of fused-ring (bicyclic) bond motifs is 1. The molecular formula is C24H21F5N2O3S. The number of rotatable bonds is 4. The molecule has 0 radical (unpaired) electrons. The second-order valence-corrected chi connectivity index (χ2v) is 10.7. The van der Waals surface area contributed by atoms with Crippen LogP contribution in [0.1, 0.15) is 28.9 Å². The number of carbonyl (C=O) groups is 1. The molecule has 186 valence electrons. The van der Waals surface area contributed by atoms with Gasteiger partial charge in [0.05, 0.1) is 22.5 Å². The first-order valence-corrected chi connectivity index (χ1v) is 12.6. The molecule has 35 heavy (non-hydrogen) atoms. The van der Waals surface area contributed by atoms with Crippen LogP contribution in [-0.4, -0.2) is 50.6 Å². The zero-order valence-corrected chi connectivity index (χ0v) is 19.6. The number of aromatic nitrogens is 1. The van der Waals surface area contributed by atoms with Crippen LogP contribution in [0.2, 0.25) is 0 Å². The first-order chi connectivity index (χ1) is 16.2. The first kappa shape index (κ1) is 25.0. The predicted molar refractivity (Wildman–Crippen MR) is 122 cm³/mol. The molecule has 3 aromatic rings. The van der Waals surface area contributed by atoms with Gasteiger partial charge in [0.25, 0.3) is 11.7 Å². The minimum atomic E-state index is -5.19. The van der Waals surface area contributed by atoms with Gasteiger partial charge in [-0.1, -0.05) is 12.1 Å². The van der Waals surface area contributed by atoms with Crippen molar-refractivity contribution >= 4 is 32.2 Å². The lowest BCUT2D eigenvalue weighted by Gasteiger charge is -2.34. The van der Waals surface area contributed by atoms with Gasteiger partial charge in [-0.25, -0.2) is 17.2 Å². The van der Waals surface area contributed by atoms with Crippen LogP contribution < -0.4 is 4.90 Å². The Balaban J connectivity index is 1.99. The molecule has 0 aliphatic carbocycles. The fourth-order valence-corrected chi connectivity index (χ4v) is 4.98. The molecule has 1 aliphatic rings. The molecule has 1 saturated heterocycles. The van der Waals surface area contributed by atoms with Crippen molar-refractivity contribution < 1.29 is 35.2 Å². The van der Waals surface area contributed by atoms with E-state index in [1.807, 2.05) is 0 Å². The molecule has 0 N–H and O–H groups in total. The lowest BCUT2D eigenvalue weighted by atomic mass is 9.91. The molecule has 2 heterocycles. The van der Waals surface area contributed by atoms with Gasteiger partial charge in [-0.15, -0.1) is 0 Å². The molecule has 0 saturated carbocycles. The van der Waals surface area contributed by atoms with Crippen molar-refractivity contribution in [1.29, 1.82) is 0 Å². The van der Waals surface area contributed by atoms with Crippen molar-refractivity contribution in [2.45, 2.75) is 36.8 Å². The third-order valence-electron chi connectivity index (χ3n) is 5.96. The highest BCUT2D eigenvalue weighted by atomic mass is 32.2. The van der Waals surface area contributed by atoms with Gasteiger partial charge in [-0.2, -0.15) is 13.2 Å². The maximum absolute atomic E-state index is 14.0. The van der Waals surface area contributed by atoms with Crippen molar-refractivity contribution in [1.82, 2.24) is 4.98 Å². The molecule has 2 aromatic carbocycles. The lowest BCUT2D eigenvalue weighted by Crippen LogP contribution is -2.42. The number of aryl methyl sites for hydroxylation is 1. The number of sulfone groups is 1. The summed E-state index contributed by atoms with van der Waals surface area (Å²) in [5.74, 6) is -5.00. The van der Waals surface area contributed by atoms with E-state index in [0.717, 1.165) is 6.26 Å². The normalized spacial score (nSPS) is 16.5. The summed E-state index contributed by atoms with van der Waals surface area (Å²) in [7, 11) is -3.57. The molecule has 0 spiro atoms. The quantitative estimate of drug-likeness (QED) is 0.337. The Morgan fingerprint density at radius 2 is 1.74 bits per heavy atom. The smallest absolute Gasteiger partial charge is 0.365 e. The zero-order chi connectivity index (χ0) is 25.8. The molecule has 1 aliphatic heterocycles. The largest absolute Gasteiger partial charge is 0.454 e. The van der Waals surface area contributed by atoms with E-state index < -0.39 is 39.8 Å². The standard InChI is InChI=1S/C24H21F5N2O3S/c1-14-20(22(32)24(27,28)29)21(15-4-7-17(8-5-15)35(2,33)34)18-12-16(6-9-19(18)30-14)31-11-3-10-23(25,26)13-31/h4-9,12H,3,10-11,13H2,1-2H3. The SMILES string of the molecule is Cc1nc2ccc(N3CCCC(F)(F)C3)cc2c(-c2ccc(S(C)(=O)=O)cc2)c1C(=O)C(F)(F)F. The van der Waals surface area contributed by atoms with Crippen LogP contribution in [0.3, 0.4) is 0 Å². The Hall–Kier alpha value is -3.08. The van der Waals surface area contributed by atoms with Crippen LogP contribution in [0.4, 0.5) is 27.6 Å². The molecule has 1 aromatic heterocycles. The average Bonchev–Trinajstić information content (AvgIpc) is 2.75. The molecule has 0 bridgehead atoms. The fraction of sp³-hybridized carbons (Fsp3) is 0.333. The van der Waals surface area contributed by atoms with Crippen LogP contribution in [0.15, 0.2) is 47.4 Å². The van der Waals surface area contributed by atoms with Crippen LogP contribution in [0.5, 0.6) is 0 Å². The second-order valence-electron chi connectivity index (χ2n) is 8.65. The summed E-state index contributed by atoms with van der Waals surface area (Å²) in [4.78, 5) is 18.0. The van der Waals surface area contributed by atoms with Crippen LogP contribution >= 0.6 is 0 Å². The highest BCUT2D eigenvalue weighted by Gasteiger charge is 2.42. The Morgan fingerprint density at radius 3 is 2.31 bits per heavy atom. The van der Waals surface area contributed by atoms with Crippen molar-refractivity contribution in [2.24, 2.45) is 0 Å². The maximum atomic E-state index is 14.0. The third-order valence-corrected chi connectivity index (χ3v) is 7.09. The summed E-state index contributed by atoms with van der Waals surface area (Å²) in [5.41, 5.74) is -0.0995. The van der Waals surface area contributed by atoms with Crippen molar-refractivity contribution in [3.8, 4) is 11.1 Å². The van der Waals surface area contributed by atoms with Crippen molar-refractivity contribution in [3.05, 3.63) is 53.7 Å². The number of benzene rings is 2. The van der Waals surface area contributed by atoms with E-state index in [9.17, 15) is 35.2 Å². The molecular weight excluding hydrogens is 491 g/mol. The molecule has 4 rings (SSSR count). The number of Topliss-reactive ketones (excluding diaryl/α,β-unsaturated/α-hetero) is 1. The monoisotopic (exact) mass is 512 g/mol. The maximum Gasteiger partial charge on any atom is 0.454 e. The van der Waals surface area contributed by atoms with E-state index in [4.69, 9.17) is 0 Å². The van der Waals surface area contributed by atoms with Gasteiger partial charge in [0.15, 0.2) is 9.84 Å². The Labute approximate surface area is 198 Å². The summed E-state index contributed by atoms with van der Waals surface area (Å²) in [5, 5.41) is 0.168. The van der Waals surface area contributed by atoms with Crippen molar-refractivity contribution in [2.75, 3.05) is 24.2 Å². The highest BCUT2D eigenvalue weighted by molar-refractivity contribution is 7.90. The topological polar surface area (TPSA) is 67.3 Å². The molecule has 5 nitrogen and oxygen atoms in total. The average molecular weight is 513 g/mol. The number of ketones is 1. The molecule has 0 atom stereocenters. The van der Waals surface area contributed by atoms with Gasteiger partial charge in [0.2, 0.25) is 0 Å². The summed E-state index contributed by atoms with van der Waals surface area (Å²) >= 11 is 0. The van der Waals surface area contributed by atoms with E-state index in [2.05, 4.69) is 4.98 Å². The summed E-state index contributed by atoms with van der Waals surface area (Å²) in [6, 6.07) is 9.65. The summed E-state index contributed by atoms with van der Waals surface area (Å²) in [6.07, 6.45) is -4.20. The fourth-order valence-electron chi connectivity index (χ4n) is 4.35. The third kappa shape index (κ3) is 5.00. The highest BCUT2D eigenvalue weighted by Crippen LogP contribution is 2.39. The van der Waals surface area contributed by atoms with E-state index >= 15 is 0 Å². The van der Waals surface area contributed by atoms with Gasteiger partial charge in [0.1, 0.15) is 0 Å². The number of nitrogens with zero attached hydrogens (tertiary/aromatic N) is 2. The van der Waals surface area contributed by atoms with E-state index in [1.165, 1.54) is 48.2 Å². The Bertz CT molecular complexity index is 1420. The lowest BCUT2D eigenvalue weighted by molar-refractivity contribution is -0.0885. The Morgan fingerprint density at radius 1 is 1.09 bits per heavy atom. The molecule has 0 amide bonds. The number of anilines is 1. The summed E-state index contributed by atoms with van der Waals surface area (Å²) < 4.78 is 92.3. The van der Waals surface area contributed by atoms with E-state index in [1.54, 1.807) is 6.07 Å². The number of hydrogen-bond acceptors (Lipinski definition) is 5. The van der Waals surface area contributed by atoms with E-state index in [-0.39, 0.29) is 45.5 Å². The summed E-state index contributed by atoms with van der Waals surface area (Å²) in [6.45, 7) is 1.09. The zero-order valence-electron chi connectivity index (χ0n) is 18.8. The van der Waals surface area contributed by atoms with Gasteiger partial charge >= 0.3 is 6.18 Å². The number of carbonyl (C=O) groups excluding carboxylic acids is 1. The second kappa shape index (κ2) is 8.54. The molecule has 0 unspecified atom stereocenters. The first-order valence-electron chi connectivity index (χ1n) is 10.7. The minimum Gasteiger partial charge on any atom is -0.365 e. The van der Waals surface area contributed by atoms with Gasteiger partial charge in [-0.05, 0) is 49.2 Å². The number of alkyl halides is 5. The van der Waals surface area contributed by atoms with Gasteiger partial charge in [0, 0.05) is 41.6 Å². The minimum absolute atomic E-state index is 0.0451. The van der Waals surface area contributed by atoms with Crippen molar-refractivity contribution in [3.63, 3.8) is 0 Å². The Kier molecular flexibility index (Phi) is 6.11. The molecule has 1 fully saturated rings.